The van der Waals surface area contributed by atoms with Gasteiger partial charge in [0.15, 0.2) is 5.78 Å². The molecule has 2 N–H and O–H groups in total. The summed E-state index contributed by atoms with van der Waals surface area (Å²) >= 11 is 6.23. The predicted octanol–water partition coefficient (Wildman–Crippen LogP) is 10.5. The zero-order chi connectivity index (χ0) is 39.8. The number of benzene rings is 1. The molecule has 0 radical (unpaired) electrons. The molecule has 0 spiro atoms. The lowest BCUT2D eigenvalue weighted by atomic mass is 9.33. The molecule has 4 fully saturated rings. The average Bonchev–Trinajstić information content (AvgIpc) is 3.37. The number of rotatable bonds is 9. The number of ether oxygens (including phenoxy) is 1. The smallest absolute Gasteiger partial charge is 0.309 e. The SMILES string of the molecule is CC(C)C1=C2[C@H]3CCC4C5(C)CC[C@H](OC(=O)CC(C)(C)C(=O)O)C(C)(C)C5CC[C@@]4(C)[C@]3(C)CC[C@@]2(/C=C/C(=O)N[C@H](C)c2cccc(Cl)c2)CC1=O. The summed E-state index contributed by atoms with van der Waals surface area (Å²) in [5.41, 5.74) is 1.48. The summed E-state index contributed by atoms with van der Waals surface area (Å²) in [6.45, 7) is 21.5. The summed E-state index contributed by atoms with van der Waals surface area (Å²) in [4.78, 5) is 52.3. The van der Waals surface area contributed by atoms with E-state index in [1.54, 1.807) is 19.9 Å². The van der Waals surface area contributed by atoms with E-state index in [0.717, 1.165) is 62.5 Å². The van der Waals surface area contributed by atoms with Crippen molar-refractivity contribution in [1.82, 2.24) is 5.32 Å². The Bertz CT molecular complexity index is 1770. The number of aliphatic carboxylic acids is 1. The van der Waals surface area contributed by atoms with Gasteiger partial charge in [-0.05, 0) is 147 Å². The van der Waals surface area contributed by atoms with Crippen LogP contribution in [0.5, 0.6) is 0 Å². The van der Waals surface area contributed by atoms with Crippen LogP contribution in [0.3, 0.4) is 0 Å². The molecule has 1 amide bonds. The highest BCUT2D eigenvalue weighted by Crippen LogP contribution is 2.77. The monoisotopic (exact) mass is 761 g/mol. The molecule has 0 saturated heterocycles. The molecule has 0 heterocycles. The van der Waals surface area contributed by atoms with E-state index in [4.69, 9.17) is 16.3 Å². The summed E-state index contributed by atoms with van der Waals surface area (Å²) in [7, 11) is 0. The number of esters is 1. The summed E-state index contributed by atoms with van der Waals surface area (Å²) in [5.74, 6) is -0.126. The number of halogens is 1. The first-order valence-electron chi connectivity index (χ1n) is 20.5. The maximum absolute atomic E-state index is 14.0. The van der Waals surface area contributed by atoms with E-state index in [2.05, 4.69) is 59.9 Å². The number of allylic oxidation sites excluding steroid dienone is 3. The Morgan fingerprint density at radius 2 is 1.67 bits per heavy atom. The van der Waals surface area contributed by atoms with Crippen LogP contribution >= 0.6 is 11.6 Å². The van der Waals surface area contributed by atoms with Gasteiger partial charge < -0.3 is 15.2 Å². The number of carboxylic acid groups (broad SMARTS) is 1. The summed E-state index contributed by atoms with van der Waals surface area (Å²) < 4.78 is 6.16. The fourth-order valence-corrected chi connectivity index (χ4v) is 13.2. The summed E-state index contributed by atoms with van der Waals surface area (Å²) in [6, 6.07) is 7.35. The molecule has 7 nitrogen and oxygen atoms in total. The first-order valence-corrected chi connectivity index (χ1v) is 20.9. The van der Waals surface area contributed by atoms with Gasteiger partial charge in [0.1, 0.15) is 6.10 Å². The number of carbonyl (C=O) groups excluding carboxylic acids is 3. The second-order valence-corrected chi connectivity index (χ2v) is 20.6. The molecule has 0 bridgehead atoms. The van der Waals surface area contributed by atoms with Crippen molar-refractivity contribution in [3.63, 3.8) is 0 Å². The van der Waals surface area contributed by atoms with Gasteiger partial charge in [0.2, 0.25) is 5.91 Å². The van der Waals surface area contributed by atoms with E-state index in [0.29, 0.717) is 23.3 Å². The molecule has 296 valence electrons. The van der Waals surface area contributed by atoms with Crippen molar-refractivity contribution in [2.75, 3.05) is 0 Å². The maximum Gasteiger partial charge on any atom is 0.309 e. The third kappa shape index (κ3) is 6.50. The van der Waals surface area contributed by atoms with E-state index in [9.17, 15) is 24.3 Å². The van der Waals surface area contributed by atoms with Crippen molar-refractivity contribution in [3.8, 4) is 0 Å². The molecule has 0 aliphatic heterocycles. The molecule has 3 unspecified atom stereocenters. The minimum absolute atomic E-state index is 0.0133. The highest BCUT2D eigenvalue weighted by Gasteiger charge is 2.70. The Labute approximate surface area is 328 Å². The van der Waals surface area contributed by atoms with Gasteiger partial charge in [0.25, 0.3) is 0 Å². The van der Waals surface area contributed by atoms with Crippen molar-refractivity contribution in [1.29, 1.82) is 0 Å². The van der Waals surface area contributed by atoms with E-state index < -0.39 is 22.8 Å². The van der Waals surface area contributed by atoms with E-state index in [-0.39, 0.29) is 63.8 Å². The van der Waals surface area contributed by atoms with Gasteiger partial charge in [-0.1, -0.05) is 78.3 Å². The Morgan fingerprint density at radius 1 is 0.963 bits per heavy atom. The molecule has 4 saturated carbocycles. The lowest BCUT2D eigenvalue weighted by Gasteiger charge is -2.72. The van der Waals surface area contributed by atoms with Gasteiger partial charge in [-0.2, -0.15) is 0 Å². The number of hydrogen-bond donors (Lipinski definition) is 2. The van der Waals surface area contributed by atoms with Crippen molar-refractivity contribution in [2.24, 2.45) is 56.2 Å². The highest BCUT2D eigenvalue weighted by atomic mass is 35.5. The zero-order valence-electron chi connectivity index (χ0n) is 34.4. The number of ketones is 1. The van der Waals surface area contributed by atoms with Crippen molar-refractivity contribution in [2.45, 2.75) is 146 Å². The molecule has 6 rings (SSSR count). The first kappa shape index (κ1) is 40.7. The minimum Gasteiger partial charge on any atom is -0.481 e. The van der Waals surface area contributed by atoms with Gasteiger partial charge >= 0.3 is 11.9 Å². The maximum atomic E-state index is 14.0. The topological polar surface area (TPSA) is 110 Å². The summed E-state index contributed by atoms with van der Waals surface area (Å²) in [6.07, 6.45) is 11.6. The van der Waals surface area contributed by atoms with Crippen LogP contribution in [0, 0.1) is 56.2 Å². The second kappa shape index (κ2) is 13.9. The number of fused-ring (bicyclic) bond motifs is 7. The first-order chi connectivity index (χ1) is 25.0. The average molecular weight is 762 g/mol. The van der Waals surface area contributed by atoms with Crippen molar-refractivity contribution < 1.29 is 29.0 Å². The molecule has 9 atom stereocenters. The fourth-order valence-electron chi connectivity index (χ4n) is 13.0. The van der Waals surface area contributed by atoms with Crippen LogP contribution < -0.4 is 5.32 Å². The van der Waals surface area contributed by atoms with Gasteiger partial charge in [0.05, 0.1) is 17.9 Å². The Balaban J connectivity index is 1.26. The number of carboxylic acids is 1. The number of Topliss-reactive ketones (excluding diaryl/α,β-unsaturated/α-hetero) is 1. The molecule has 5 aliphatic rings. The fraction of sp³-hybridized carbons (Fsp3) is 0.696. The van der Waals surface area contributed by atoms with E-state index in [1.807, 2.05) is 31.2 Å². The third-order valence-electron chi connectivity index (χ3n) is 16.1. The number of nitrogens with one attached hydrogen (secondary N) is 1. The standard InChI is InChI=1S/C46H64ClNO6/c1-27(2)38-32(49)25-46(21-18-36(50)48-28(3)29-12-11-13-30(47)24-29)23-22-44(9)31(39(38)46)14-15-34-43(8)19-17-35(54-37(51)26-41(4,5)40(52)53)42(6,7)33(43)16-20-45(34,44)10/h11-13,18,21,24,27-28,31,33-35H,14-17,19-20,22-23,25-26H2,1-10H3,(H,48,50)(H,52,53)/b21-18+/t28-,31-,33?,34?,35+,43?,44-,45-,46+/m1/s1. The lowest BCUT2D eigenvalue weighted by molar-refractivity contribution is -0.232. The van der Waals surface area contributed by atoms with Crippen LogP contribution in [0.25, 0.3) is 0 Å². The molecule has 8 heteroatoms. The molecular weight excluding hydrogens is 698 g/mol. The van der Waals surface area contributed by atoms with Gasteiger partial charge in [-0.15, -0.1) is 0 Å². The van der Waals surface area contributed by atoms with Crippen LogP contribution in [-0.2, 0) is 23.9 Å². The number of carbonyl (C=O) groups is 4. The number of amides is 1. The Hall–Kier alpha value is -2.93. The van der Waals surface area contributed by atoms with Gasteiger partial charge in [0, 0.05) is 22.3 Å². The third-order valence-corrected chi connectivity index (χ3v) is 16.4. The quantitative estimate of drug-likeness (QED) is 0.192. The Morgan fingerprint density at radius 3 is 2.31 bits per heavy atom. The van der Waals surface area contributed by atoms with Crippen molar-refractivity contribution >= 4 is 35.2 Å². The zero-order valence-corrected chi connectivity index (χ0v) is 35.1. The molecular formula is C46H64ClNO6. The Kier molecular flexibility index (Phi) is 10.5. The highest BCUT2D eigenvalue weighted by molar-refractivity contribution is 6.30. The molecule has 1 aromatic rings. The molecule has 54 heavy (non-hydrogen) atoms. The summed E-state index contributed by atoms with van der Waals surface area (Å²) in [5, 5.41) is 13.4. The van der Waals surface area contributed by atoms with Crippen LogP contribution in [-0.4, -0.2) is 34.8 Å². The van der Waals surface area contributed by atoms with E-state index >= 15 is 0 Å². The van der Waals surface area contributed by atoms with Crippen molar-refractivity contribution in [3.05, 3.63) is 58.1 Å². The normalized spacial score (nSPS) is 36.6. The lowest BCUT2D eigenvalue weighted by Crippen LogP contribution is -2.65. The van der Waals surface area contributed by atoms with Crippen LogP contribution in [0.4, 0.5) is 0 Å². The predicted molar refractivity (Wildman–Crippen MR) is 212 cm³/mol. The number of hydrogen-bond acceptors (Lipinski definition) is 5. The van der Waals surface area contributed by atoms with Crippen LogP contribution in [0.1, 0.15) is 145 Å². The minimum atomic E-state index is -1.17. The molecule has 1 aromatic carbocycles. The second-order valence-electron chi connectivity index (χ2n) is 20.2. The largest absolute Gasteiger partial charge is 0.481 e. The van der Waals surface area contributed by atoms with E-state index in [1.165, 1.54) is 5.57 Å². The molecule has 0 aromatic heterocycles. The van der Waals surface area contributed by atoms with Gasteiger partial charge in [-0.3, -0.25) is 19.2 Å². The van der Waals surface area contributed by atoms with Crippen LogP contribution in [0.15, 0.2) is 47.6 Å². The van der Waals surface area contributed by atoms with Crippen LogP contribution in [0.2, 0.25) is 5.02 Å². The molecule has 5 aliphatic carbocycles. The van der Waals surface area contributed by atoms with Gasteiger partial charge in [-0.25, -0.2) is 0 Å².